The number of methoxy groups -OCH3 is 1. The van der Waals surface area contributed by atoms with Crippen molar-refractivity contribution in [3.05, 3.63) is 65.2 Å². The predicted octanol–water partition coefficient (Wildman–Crippen LogP) is 2.01. The predicted molar refractivity (Wildman–Crippen MR) is 95.6 cm³/mol. The maximum Gasteiger partial charge on any atom is 0.251 e. The molecule has 134 valence electrons. The minimum Gasteiger partial charge on any atom is -0.380 e. The second-order valence-electron chi connectivity index (χ2n) is 5.75. The van der Waals surface area contributed by atoms with E-state index in [1.165, 1.54) is 26.2 Å². The molecule has 0 fully saturated rings. The van der Waals surface area contributed by atoms with Gasteiger partial charge >= 0.3 is 0 Å². The van der Waals surface area contributed by atoms with Gasteiger partial charge < -0.3 is 10.1 Å². The van der Waals surface area contributed by atoms with Crippen LogP contribution in [0.2, 0.25) is 0 Å². The Morgan fingerprint density at radius 1 is 1.08 bits per heavy atom. The summed E-state index contributed by atoms with van der Waals surface area (Å²) in [6, 6.07) is 13.7. The molecule has 1 amide bonds. The summed E-state index contributed by atoms with van der Waals surface area (Å²) in [5.74, 6) is -0.322. The molecule has 0 aliphatic carbocycles. The average Bonchev–Trinajstić information content (AvgIpc) is 2.61. The van der Waals surface area contributed by atoms with Crippen LogP contribution >= 0.6 is 0 Å². The van der Waals surface area contributed by atoms with Crippen LogP contribution in [0.1, 0.15) is 21.5 Å². The number of ether oxygens (including phenoxy) is 1. The number of sulfonamides is 1. The fourth-order valence-electron chi connectivity index (χ4n) is 2.21. The maximum absolute atomic E-state index is 12.3. The highest BCUT2D eigenvalue weighted by Gasteiger charge is 2.18. The van der Waals surface area contributed by atoms with Crippen LogP contribution < -0.4 is 5.32 Å². The number of nitrogens with one attached hydrogen (secondary N) is 1. The van der Waals surface area contributed by atoms with Gasteiger partial charge in [0.25, 0.3) is 5.91 Å². The molecule has 2 rings (SSSR count). The molecular formula is C18H22N2O4S. The molecule has 25 heavy (non-hydrogen) atoms. The second-order valence-corrected chi connectivity index (χ2v) is 7.90. The summed E-state index contributed by atoms with van der Waals surface area (Å²) in [7, 11) is 0.976. The first kappa shape index (κ1) is 19.1. The largest absolute Gasteiger partial charge is 0.380 e. The van der Waals surface area contributed by atoms with E-state index in [-0.39, 0.29) is 10.8 Å². The van der Waals surface area contributed by atoms with Gasteiger partial charge in [-0.15, -0.1) is 0 Å². The van der Waals surface area contributed by atoms with E-state index in [9.17, 15) is 13.2 Å². The van der Waals surface area contributed by atoms with Gasteiger partial charge in [-0.2, -0.15) is 0 Å². The topological polar surface area (TPSA) is 75.7 Å². The minimum absolute atomic E-state index is 0.0917. The molecule has 0 radical (unpaired) electrons. The van der Waals surface area contributed by atoms with Crippen molar-refractivity contribution < 1.29 is 17.9 Å². The zero-order valence-electron chi connectivity index (χ0n) is 14.5. The lowest BCUT2D eigenvalue weighted by Gasteiger charge is -2.12. The zero-order chi connectivity index (χ0) is 18.4. The first-order valence-electron chi connectivity index (χ1n) is 7.72. The van der Waals surface area contributed by atoms with E-state index in [1.54, 1.807) is 19.2 Å². The molecule has 2 aromatic rings. The summed E-state index contributed by atoms with van der Waals surface area (Å²) in [5, 5.41) is 2.80. The number of carbonyl (C=O) groups excluding carboxylic acids is 1. The lowest BCUT2D eigenvalue weighted by molar-refractivity contribution is 0.0950. The number of benzene rings is 2. The average molecular weight is 362 g/mol. The molecule has 0 heterocycles. The van der Waals surface area contributed by atoms with E-state index in [1.807, 2.05) is 24.3 Å². The summed E-state index contributed by atoms with van der Waals surface area (Å²) in [4.78, 5) is 12.4. The number of hydrogen-bond donors (Lipinski definition) is 1. The van der Waals surface area contributed by atoms with Crippen LogP contribution in [0.25, 0.3) is 0 Å². The Balaban J connectivity index is 2.06. The monoisotopic (exact) mass is 362 g/mol. The van der Waals surface area contributed by atoms with Crippen LogP contribution in [-0.2, 0) is 27.9 Å². The highest BCUT2D eigenvalue weighted by Crippen LogP contribution is 2.15. The van der Waals surface area contributed by atoms with Gasteiger partial charge in [0, 0.05) is 33.3 Å². The smallest absolute Gasteiger partial charge is 0.251 e. The standard InChI is InChI=1S/C18H22N2O4S/c1-20(2)25(22,23)17-6-4-5-16(11-17)18(21)19-12-14-7-9-15(10-8-14)13-24-3/h4-11H,12-13H2,1-3H3,(H,19,21). The maximum atomic E-state index is 12.3. The third kappa shape index (κ3) is 4.88. The Hall–Kier alpha value is -2.22. The lowest BCUT2D eigenvalue weighted by atomic mass is 10.1. The van der Waals surface area contributed by atoms with E-state index in [4.69, 9.17) is 4.74 Å². The van der Waals surface area contributed by atoms with Crippen molar-refractivity contribution in [3.8, 4) is 0 Å². The number of hydrogen-bond acceptors (Lipinski definition) is 4. The molecule has 1 N–H and O–H groups in total. The quantitative estimate of drug-likeness (QED) is 0.818. The lowest BCUT2D eigenvalue weighted by Crippen LogP contribution is -2.25. The first-order valence-corrected chi connectivity index (χ1v) is 9.16. The van der Waals surface area contributed by atoms with Crippen LogP contribution in [0.5, 0.6) is 0 Å². The van der Waals surface area contributed by atoms with E-state index in [0.29, 0.717) is 18.7 Å². The molecule has 2 aromatic carbocycles. The third-order valence-corrected chi connectivity index (χ3v) is 5.47. The van der Waals surface area contributed by atoms with Crippen molar-refractivity contribution in [1.82, 2.24) is 9.62 Å². The highest BCUT2D eigenvalue weighted by atomic mass is 32.2. The van der Waals surface area contributed by atoms with Gasteiger partial charge in [-0.1, -0.05) is 30.3 Å². The minimum atomic E-state index is -3.57. The van der Waals surface area contributed by atoms with Crippen LogP contribution in [0.15, 0.2) is 53.4 Å². The van der Waals surface area contributed by atoms with Gasteiger partial charge in [-0.25, -0.2) is 12.7 Å². The molecule has 0 aromatic heterocycles. The highest BCUT2D eigenvalue weighted by molar-refractivity contribution is 7.89. The van der Waals surface area contributed by atoms with Crippen molar-refractivity contribution in [1.29, 1.82) is 0 Å². The Morgan fingerprint density at radius 3 is 2.32 bits per heavy atom. The zero-order valence-corrected chi connectivity index (χ0v) is 15.3. The molecule has 6 nitrogen and oxygen atoms in total. The summed E-state index contributed by atoms with van der Waals surface area (Å²) < 4.78 is 30.5. The molecule has 0 aliphatic heterocycles. The molecule has 0 bridgehead atoms. The Morgan fingerprint density at radius 2 is 1.72 bits per heavy atom. The van der Waals surface area contributed by atoms with Gasteiger partial charge in [-0.3, -0.25) is 4.79 Å². The number of carbonyl (C=O) groups is 1. The van der Waals surface area contributed by atoms with Crippen molar-refractivity contribution in [2.45, 2.75) is 18.0 Å². The SMILES string of the molecule is COCc1ccc(CNC(=O)c2cccc(S(=O)(=O)N(C)C)c2)cc1. The summed E-state index contributed by atoms with van der Waals surface area (Å²) in [6.45, 7) is 0.899. The molecule has 0 aliphatic rings. The Kier molecular flexibility index (Phi) is 6.30. The van der Waals surface area contributed by atoms with E-state index in [2.05, 4.69) is 5.32 Å². The third-order valence-electron chi connectivity index (χ3n) is 3.66. The molecule has 0 spiro atoms. The van der Waals surface area contributed by atoms with Gasteiger partial charge in [0.15, 0.2) is 0 Å². The summed E-state index contributed by atoms with van der Waals surface area (Å²) in [6.07, 6.45) is 0. The molecule has 7 heteroatoms. The van der Waals surface area contributed by atoms with Crippen LogP contribution in [0, 0.1) is 0 Å². The van der Waals surface area contributed by atoms with Crippen molar-refractivity contribution in [3.63, 3.8) is 0 Å². The van der Waals surface area contributed by atoms with Gasteiger partial charge in [-0.05, 0) is 29.3 Å². The molecule has 0 saturated carbocycles. The van der Waals surface area contributed by atoms with Crippen molar-refractivity contribution in [2.75, 3.05) is 21.2 Å². The van der Waals surface area contributed by atoms with Gasteiger partial charge in [0.2, 0.25) is 10.0 Å². The summed E-state index contributed by atoms with van der Waals surface area (Å²) in [5.41, 5.74) is 2.31. The number of nitrogens with zero attached hydrogens (tertiary/aromatic N) is 1. The fraction of sp³-hybridized carbons (Fsp3) is 0.278. The molecule has 0 unspecified atom stereocenters. The Bertz CT molecular complexity index is 830. The summed E-state index contributed by atoms with van der Waals surface area (Å²) >= 11 is 0. The Labute approximate surface area is 148 Å². The van der Waals surface area contributed by atoms with Crippen molar-refractivity contribution in [2.24, 2.45) is 0 Å². The van der Waals surface area contributed by atoms with Crippen LogP contribution in [0.3, 0.4) is 0 Å². The van der Waals surface area contributed by atoms with Crippen LogP contribution in [-0.4, -0.2) is 39.8 Å². The van der Waals surface area contributed by atoms with Gasteiger partial charge in [0.1, 0.15) is 0 Å². The van der Waals surface area contributed by atoms with Crippen LogP contribution in [0.4, 0.5) is 0 Å². The second kappa shape index (κ2) is 8.24. The molecular weight excluding hydrogens is 340 g/mol. The normalized spacial score (nSPS) is 11.5. The van der Waals surface area contributed by atoms with E-state index >= 15 is 0 Å². The van der Waals surface area contributed by atoms with Crippen molar-refractivity contribution >= 4 is 15.9 Å². The number of rotatable bonds is 7. The van der Waals surface area contributed by atoms with E-state index < -0.39 is 10.0 Å². The first-order chi connectivity index (χ1) is 11.8. The van der Waals surface area contributed by atoms with E-state index in [0.717, 1.165) is 15.4 Å². The fourth-order valence-corrected chi connectivity index (χ4v) is 3.16. The molecule has 0 atom stereocenters. The van der Waals surface area contributed by atoms with Gasteiger partial charge in [0.05, 0.1) is 11.5 Å². The number of amides is 1. The molecule has 0 saturated heterocycles.